The summed E-state index contributed by atoms with van der Waals surface area (Å²) < 4.78 is 5.71. The number of hydrogen-bond acceptors (Lipinski definition) is 5. The number of esters is 1. The fraction of sp³-hybridized carbons (Fsp3) is 0.750. The third-order valence-corrected chi connectivity index (χ3v) is 6.08. The van der Waals surface area contributed by atoms with Gasteiger partial charge in [0.2, 0.25) is 0 Å². The van der Waals surface area contributed by atoms with E-state index in [9.17, 15) is 15.0 Å². The summed E-state index contributed by atoms with van der Waals surface area (Å²) >= 11 is 0. The molecule has 0 radical (unpaired) electrons. The van der Waals surface area contributed by atoms with Gasteiger partial charge in [-0.05, 0) is 77.5 Å². The second-order valence-electron chi connectivity index (χ2n) is 8.23. The van der Waals surface area contributed by atoms with E-state index >= 15 is 0 Å². The molecule has 0 spiro atoms. The van der Waals surface area contributed by atoms with Gasteiger partial charge in [-0.3, -0.25) is 0 Å². The van der Waals surface area contributed by atoms with Crippen molar-refractivity contribution in [3.05, 3.63) is 23.3 Å². The molecule has 3 rings (SSSR count). The van der Waals surface area contributed by atoms with E-state index in [2.05, 4.69) is 11.9 Å². The van der Waals surface area contributed by atoms with Crippen molar-refractivity contribution in [2.45, 2.75) is 88.7 Å². The van der Waals surface area contributed by atoms with Gasteiger partial charge >= 0.3 is 5.97 Å². The highest BCUT2D eigenvalue weighted by atomic mass is 16.6. The Morgan fingerprint density at radius 2 is 1.96 bits per heavy atom. The fourth-order valence-corrected chi connectivity index (χ4v) is 4.41. The summed E-state index contributed by atoms with van der Waals surface area (Å²) in [6.45, 7) is 3.98. The maximum Gasteiger partial charge on any atom is 0.342 e. The predicted octanol–water partition coefficient (Wildman–Crippen LogP) is 2.32. The van der Waals surface area contributed by atoms with Crippen molar-refractivity contribution in [1.29, 1.82) is 0 Å². The van der Waals surface area contributed by atoms with E-state index < -0.39 is 17.7 Å². The number of fused-ring (bicyclic) bond motifs is 2. The quantitative estimate of drug-likeness (QED) is 0.602. The van der Waals surface area contributed by atoms with Crippen LogP contribution in [-0.4, -0.2) is 58.0 Å². The van der Waals surface area contributed by atoms with E-state index in [4.69, 9.17) is 4.74 Å². The summed E-state index contributed by atoms with van der Waals surface area (Å²) in [5.74, 6) is -0.553. The molecule has 2 N–H and O–H groups in total. The average molecular weight is 349 g/mol. The smallest absolute Gasteiger partial charge is 0.342 e. The molecule has 3 aliphatic rings. The molecule has 0 aromatic heterocycles. The normalized spacial score (nSPS) is 38.2. The molecule has 2 unspecified atom stereocenters. The molecule has 5 atom stereocenters. The maximum atomic E-state index is 12.7. The lowest BCUT2D eigenvalue weighted by Crippen LogP contribution is -2.48. The third kappa shape index (κ3) is 3.99. The number of allylic oxidation sites excluding steroid dienone is 2. The van der Waals surface area contributed by atoms with Crippen LogP contribution in [0.25, 0.3) is 0 Å². The number of aliphatic hydroxyl groups is 2. The van der Waals surface area contributed by atoms with E-state index in [1.165, 1.54) is 18.9 Å². The Bertz CT molecular complexity index is 566. The van der Waals surface area contributed by atoms with Crippen LogP contribution in [0.5, 0.6) is 0 Å². The molecular formula is C20H31NO4. The summed E-state index contributed by atoms with van der Waals surface area (Å²) in [5.41, 5.74) is 0.244. The highest BCUT2D eigenvalue weighted by Crippen LogP contribution is 2.37. The van der Waals surface area contributed by atoms with Gasteiger partial charge in [0.25, 0.3) is 0 Å². The van der Waals surface area contributed by atoms with Crippen molar-refractivity contribution in [3.63, 3.8) is 0 Å². The first-order valence-electron chi connectivity index (χ1n) is 9.47. The highest BCUT2D eigenvalue weighted by molar-refractivity contribution is 5.82. The van der Waals surface area contributed by atoms with Crippen LogP contribution in [0.4, 0.5) is 0 Å². The lowest BCUT2D eigenvalue weighted by Gasteiger charge is -2.38. The van der Waals surface area contributed by atoms with Gasteiger partial charge in [0.1, 0.15) is 6.10 Å². The van der Waals surface area contributed by atoms with Crippen molar-refractivity contribution < 1.29 is 19.7 Å². The number of piperidine rings is 1. The van der Waals surface area contributed by atoms with Gasteiger partial charge in [0.15, 0.2) is 5.60 Å². The van der Waals surface area contributed by atoms with Crippen LogP contribution in [-0.2, 0) is 9.53 Å². The molecule has 2 fully saturated rings. The summed E-state index contributed by atoms with van der Waals surface area (Å²) in [6, 6.07) is 0.978. The van der Waals surface area contributed by atoms with Crippen LogP contribution in [0.3, 0.4) is 0 Å². The van der Waals surface area contributed by atoms with E-state index in [0.717, 1.165) is 18.4 Å². The molecule has 2 heterocycles. The van der Waals surface area contributed by atoms with Crippen LogP contribution in [0.2, 0.25) is 0 Å². The molecule has 25 heavy (non-hydrogen) atoms. The molecule has 5 heteroatoms. The molecule has 0 amide bonds. The second kappa shape index (κ2) is 7.22. The minimum Gasteiger partial charge on any atom is -0.460 e. The fourth-order valence-electron chi connectivity index (χ4n) is 4.41. The number of aliphatic hydroxyl groups excluding tert-OH is 1. The molecule has 1 aliphatic carbocycles. The Morgan fingerprint density at radius 3 is 2.56 bits per heavy atom. The Labute approximate surface area is 150 Å². The highest BCUT2D eigenvalue weighted by Gasteiger charge is 2.44. The molecule has 140 valence electrons. The van der Waals surface area contributed by atoms with E-state index in [1.807, 2.05) is 19.9 Å². The van der Waals surface area contributed by atoms with Crippen molar-refractivity contribution in [2.75, 3.05) is 7.05 Å². The van der Waals surface area contributed by atoms with Crippen LogP contribution in [0.1, 0.15) is 58.8 Å². The van der Waals surface area contributed by atoms with E-state index in [1.54, 1.807) is 0 Å². The number of ether oxygens (including phenoxy) is 1. The zero-order valence-electron chi connectivity index (χ0n) is 15.6. The standard InChI is InChI=1S/C20H31NO4/c1-13(2)4-5-14-12-20(24,9-8-18(14)22)19(23)25-17-10-15-6-7-16(11-17)21(15)3/h4,12,15-18,22,24H,5-11H2,1-3H3/t15-,16+,17?,18?,20-/m0/s1. The molecule has 0 aromatic rings. The number of hydrogen-bond donors (Lipinski definition) is 2. The number of rotatable bonds is 4. The molecule has 0 saturated carbocycles. The van der Waals surface area contributed by atoms with Gasteiger partial charge in [-0.25, -0.2) is 4.79 Å². The summed E-state index contributed by atoms with van der Waals surface area (Å²) in [5, 5.41) is 21.0. The number of carbonyl (C=O) groups is 1. The minimum atomic E-state index is -1.60. The zero-order valence-corrected chi connectivity index (χ0v) is 15.6. The summed E-state index contributed by atoms with van der Waals surface area (Å²) in [4.78, 5) is 15.1. The van der Waals surface area contributed by atoms with Crippen LogP contribution >= 0.6 is 0 Å². The Balaban J connectivity index is 1.67. The lowest BCUT2D eigenvalue weighted by molar-refractivity contribution is -0.171. The zero-order chi connectivity index (χ0) is 18.2. The van der Waals surface area contributed by atoms with E-state index in [0.29, 0.717) is 30.5 Å². The first-order valence-corrected chi connectivity index (χ1v) is 9.47. The number of carbonyl (C=O) groups excluding carboxylic acids is 1. The third-order valence-electron chi connectivity index (χ3n) is 6.08. The van der Waals surface area contributed by atoms with Crippen molar-refractivity contribution in [1.82, 2.24) is 4.90 Å². The second-order valence-corrected chi connectivity index (χ2v) is 8.23. The SMILES string of the molecule is CC(C)=CCC1=C[C@](O)(C(=O)OC2C[C@H]3CC[C@@H](C2)N3C)CCC1O. The van der Waals surface area contributed by atoms with Gasteiger partial charge < -0.3 is 19.8 Å². The Hall–Kier alpha value is -1.17. The van der Waals surface area contributed by atoms with Gasteiger partial charge in [-0.1, -0.05) is 11.6 Å². The van der Waals surface area contributed by atoms with Gasteiger partial charge in [-0.2, -0.15) is 0 Å². The number of nitrogens with zero attached hydrogens (tertiary/aromatic N) is 1. The maximum absolute atomic E-state index is 12.7. The van der Waals surface area contributed by atoms with Gasteiger partial charge in [0.05, 0.1) is 6.10 Å². The summed E-state index contributed by atoms with van der Waals surface area (Å²) in [7, 11) is 2.15. The molecule has 2 saturated heterocycles. The lowest BCUT2D eigenvalue weighted by atomic mass is 9.83. The topological polar surface area (TPSA) is 70.0 Å². The minimum absolute atomic E-state index is 0.105. The van der Waals surface area contributed by atoms with Crippen LogP contribution in [0, 0.1) is 0 Å². The molecule has 2 aliphatic heterocycles. The first kappa shape index (κ1) is 18.6. The molecule has 2 bridgehead atoms. The average Bonchev–Trinajstić information content (AvgIpc) is 2.77. The Kier molecular flexibility index (Phi) is 5.37. The monoisotopic (exact) mass is 349 g/mol. The van der Waals surface area contributed by atoms with Crippen LogP contribution < -0.4 is 0 Å². The molecule has 5 nitrogen and oxygen atoms in total. The van der Waals surface area contributed by atoms with Crippen molar-refractivity contribution >= 4 is 5.97 Å². The first-order chi connectivity index (χ1) is 11.8. The molecular weight excluding hydrogens is 318 g/mol. The van der Waals surface area contributed by atoms with Crippen molar-refractivity contribution in [2.24, 2.45) is 0 Å². The predicted molar refractivity (Wildman–Crippen MR) is 96.0 cm³/mol. The van der Waals surface area contributed by atoms with Gasteiger partial charge in [0, 0.05) is 12.1 Å². The van der Waals surface area contributed by atoms with Crippen LogP contribution in [0.15, 0.2) is 23.3 Å². The van der Waals surface area contributed by atoms with Gasteiger partial charge in [-0.15, -0.1) is 0 Å². The summed E-state index contributed by atoms with van der Waals surface area (Å²) in [6.07, 6.45) is 8.02. The molecule has 0 aromatic carbocycles. The van der Waals surface area contributed by atoms with E-state index in [-0.39, 0.29) is 12.5 Å². The Morgan fingerprint density at radius 1 is 1.32 bits per heavy atom. The van der Waals surface area contributed by atoms with Crippen molar-refractivity contribution in [3.8, 4) is 0 Å². The largest absolute Gasteiger partial charge is 0.460 e.